The molecule has 0 fully saturated rings. The van der Waals surface area contributed by atoms with E-state index in [4.69, 9.17) is 4.74 Å². The first-order valence-corrected chi connectivity index (χ1v) is 4.44. The molecule has 0 heterocycles. The van der Waals surface area contributed by atoms with E-state index in [1.807, 2.05) is 0 Å². The van der Waals surface area contributed by atoms with E-state index < -0.39 is 17.7 Å². The Morgan fingerprint density at radius 2 is 1.92 bits per heavy atom. The second kappa shape index (κ2) is 5.19. The zero-order valence-corrected chi connectivity index (χ0v) is 8.66. The molecule has 0 aliphatic heterocycles. The molecule has 0 bridgehead atoms. The average Bonchev–Trinajstić information content (AvgIpc) is 2.03. The van der Waals surface area contributed by atoms with Crippen molar-refractivity contribution in [2.45, 2.75) is 39.4 Å². The second-order valence-electron chi connectivity index (χ2n) is 3.19. The van der Waals surface area contributed by atoms with E-state index in [0.717, 1.165) is 0 Å². The van der Waals surface area contributed by atoms with Gasteiger partial charge in [0, 0.05) is 6.61 Å². The average molecular weight is 190 g/mol. The van der Waals surface area contributed by atoms with Gasteiger partial charge in [0.05, 0.1) is 12.2 Å². The molecule has 0 spiro atoms. The summed E-state index contributed by atoms with van der Waals surface area (Å²) in [6.07, 6.45) is -1.23. The number of aliphatic hydroxyl groups is 1. The van der Waals surface area contributed by atoms with Crippen LogP contribution < -0.4 is 0 Å². The molecular weight excluding hydrogens is 172 g/mol. The zero-order valence-electron chi connectivity index (χ0n) is 8.66. The molecule has 0 aromatic heterocycles. The van der Waals surface area contributed by atoms with Crippen LogP contribution in [0.25, 0.3) is 0 Å². The van der Waals surface area contributed by atoms with Crippen molar-refractivity contribution in [3.8, 4) is 0 Å². The lowest BCUT2D eigenvalue weighted by Gasteiger charge is -2.28. The molecule has 0 radical (unpaired) electrons. The number of ether oxygens (including phenoxy) is 2. The van der Waals surface area contributed by atoms with Crippen LogP contribution in [-0.2, 0) is 14.3 Å². The third-order valence-corrected chi connectivity index (χ3v) is 1.68. The third-order valence-electron chi connectivity index (χ3n) is 1.68. The van der Waals surface area contributed by atoms with Crippen molar-refractivity contribution in [2.75, 3.05) is 13.2 Å². The van der Waals surface area contributed by atoms with Gasteiger partial charge in [-0.2, -0.15) is 0 Å². The predicted molar refractivity (Wildman–Crippen MR) is 48.3 cm³/mol. The number of hydrogen-bond donors (Lipinski definition) is 1. The smallest absolute Gasteiger partial charge is 0.337 e. The molecule has 78 valence electrons. The highest BCUT2D eigenvalue weighted by atomic mass is 16.6. The maximum absolute atomic E-state index is 11.1. The Morgan fingerprint density at radius 1 is 1.38 bits per heavy atom. The summed E-state index contributed by atoms with van der Waals surface area (Å²) in [4.78, 5) is 11.1. The van der Waals surface area contributed by atoms with Gasteiger partial charge >= 0.3 is 5.97 Å². The van der Waals surface area contributed by atoms with Crippen LogP contribution in [0, 0.1) is 0 Å². The highest BCUT2D eigenvalue weighted by Gasteiger charge is 2.35. The van der Waals surface area contributed by atoms with Crippen LogP contribution in [0.15, 0.2) is 0 Å². The van der Waals surface area contributed by atoms with Crippen molar-refractivity contribution in [1.29, 1.82) is 0 Å². The Hall–Kier alpha value is -0.610. The van der Waals surface area contributed by atoms with Crippen LogP contribution in [0.5, 0.6) is 0 Å². The first-order valence-electron chi connectivity index (χ1n) is 4.44. The Balaban J connectivity index is 4.21. The quantitative estimate of drug-likeness (QED) is 0.649. The number of hydrogen-bond acceptors (Lipinski definition) is 4. The van der Waals surface area contributed by atoms with E-state index in [2.05, 4.69) is 4.74 Å². The molecule has 1 unspecified atom stereocenters. The minimum atomic E-state index is -1.23. The summed E-state index contributed by atoms with van der Waals surface area (Å²) in [6.45, 7) is 7.51. The summed E-state index contributed by atoms with van der Waals surface area (Å²) in [5.41, 5.74) is -0.888. The maximum Gasteiger partial charge on any atom is 0.337 e. The number of carbonyl (C=O) groups excluding carboxylic acids is 1. The van der Waals surface area contributed by atoms with Gasteiger partial charge in [-0.05, 0) is 27.7 Å². The van der Waals surface area contributed by atoms with Gasteiger partial charge in [-0.3, -0.25) is 0 Å². The molecule has 0 amide bonds. The molecule has 0 saturated heterocycles. The van der Waals surface area contributed by atoms with Crippen molar-refractivity contribution in [3.05, 3.63) is 0 Å². The largest absolute Gasteiger partial charge is 0.464 e. The van der Waals surface area contributed by atoms with Crippen LogP contribution in [0.1, 0.15) is 27.7 Å². The van der Waals surface area contributed by atoms with Crippen molar-refractivity contribution in [1.82, 2.24) is 0 Å². The second-order valence-corrected chi connectivity index (χ2v) is 3.19. The van der Waals surface area contributed by atoms with Gasteiger partial charge in [0.25, 0.3) is 0 Å². The molecular formula is C9H18O4. The highest BCUT2D eigenvalue weighted by Crippen LogP contribution is 2.15. The van der Waals surface area contributed by atoms with E-state index in [1.165, 1.54) is 0 Å². The Labute approximate surface area is 78.8 Å². The molecule has 13 heavy (non-hydrogen) atoms. The van der Waals surface area contributed by atoms with Crippen LogP contribution in [0.4, 0.5) is 0 Å². The van der Waals surface area contributed by atoms with E-state index in [-0.39, 0.29) is 6.61 Å². The first-order chi connectivity index (χ1) is 5.95. The molecule has 4 nitrogen and oxygen atoms in total. The van der Waals surface area contributed by atoms with Crippen LogP contribution in [0.3, 0.4) is 0 Å². The summed E-state index contributed by atoms with van der Waals surface area (Å²) in [6, 6.07) is 0. The Bertz CT molecular complexity index is 165. The molecule has 4 heteroatoms. The Morgan fingerprint density at radius 3 is 2.31 bits per heavy atom. The maximum atomic E-state index is 11.1. The molecule has 0 aromatic carbocycles. The van der Waals surface area contributed by atoms with Crippen molar-refractivity contribution < 1.29 is 19.4 Å². The van der Waals surface area contributed by atoms with Gasteiger partial charge in [-0.1, -0.05) is 0 Å². The minimum absolute atomic E-state index is 0.262. The summed E-state index contributed by atoms with van der Waals surface area (Å²) in [5.74, 6) is -0.638. The Kier molecular flexibility index (Phi) is 4.95. The fraction of sp³-hybridized carbons (Fsp3) is 0.889. The zero-order chi connectivity index (χ0) is 10.5. The third kappa shape index (κ3) is 3.74. The molecule has 1 N–H and O–H groups in total. The standard InChI is InChI=1S/C9H18O4/c1-5-12-8(11)7(10)9(3,4)13-6-2/h7,10H,5-6H2,1-4H3. The van der Waals surface area contributed by atoms with Gasteiger partial charge < -0.3 is 14.6 Å². The molecule has 0 aromatic rings. The number of carbonyl (C=O) groups is 1. The van der Waals surface area contributed by atoms with Gasteiger partial charge in [0.15, 0.2) is 6.10 Å². The summed E-state index contributed by atoms with van der Waals surface area (Å²) in [5, 5.41) is 9.51. The lowest BCUT2D eigenvalue weighted by molar-refractivity contribution is -0.171. The summed E-state index contributed by atoms with van der Waals surface area (Å²) >= 11 is 0. The van der Waals surface area contributed by atoms with Crippen molar-refractivity contribution in [3.63, 3.8) is 0 Å². The monoisotopic (exact) mass is 190 g/mol. The first kappa shape index (κ1) is 12.4. The molecule has 0 aliphatic rings. The van der Waals surface area contributed by atoms with Gasteiger partial charge in [-0.25, -0.2) is 4.79 Å². The number of aliphatic hydroxyl groups excluding tert-OH is 1. The molecule has 0 saturated carbocycles. The SMILES string of the molecule is CCOC(=O)C(O)C(C)(C)OCC. The highest BCUT2D eigenvalue weighted by molar-refractivity contribution is 5.75. The minimum Gasteiger partial charge on any atom is -0.464 e. The van der Waals surface area contributed by atoms with E-state index in [9.17, 15) is 9.90 Å². The van der Waals surface area contributed by atoms with Gasteiger partial charge in [0.2, 0.25) is 0 Å². The van der Waals surface area contributed by atoms with Crippen molar-refractivity contribution in [2.24, 2.45) is 0 Å². The van der Waals surface area contributed by atoms with Crippen LogP contribution >= 0.6 is 0 Å². The van der Waals surface area contributed by atoms with Crippen LogP contribution in [0.2, 0.25) is 0 Å². The molecule has 1 atom stereocenters. The topological polar surface area (TPSA) is 55.8 Å². The predicted octanol–water partition coefficient (Wildman–Crippen LogP) is 0.726. The fourth-order valence-corrected chi connectivity index (χ4v) is 0.956. The van der Waals surface area contributed by atoms with E-state index in [0.29, 0.717) is 6.61 Å². The van der Waals surface area contributed by atoms with E-state index in [1.54, 1.807) is 27.7 Å². The van der Waals surface area contributed by atoms with Gasteiger partial charge in [0.1, 0.15) is 0 Å². The number of rotatable bonds is 5. The summed E-state index contributed by atoms with van der Waals surface area (Å²) in [7, 11) is 0. The van der Waals surface area contributed by atoms with Crippen LogP contribution in [-0.4, -0.2) is 36.0 Å². The summed E-state index contributed by atoms with van der Waals surface area (Å²) < 4.78 is 9.88. The number of esters is 1. The van der Waals surface area contributed by atoms with Gasteiger partial charge in [-0.15, -0.1) is 0 Å². The molecule has 0 aliphatic carbocycles. The molecule has 0 rings (SSSR count). The van der Waals surface area contributed by atoms with E-state index >= 15 is 0 Å². The lowest BCUT2D eigenvalue weighted by atomic mass is 10.0. The normalized spacial score (nSPS) is 13.9. The lowest BCUT2D eigenvalue weighted by Crippen LogP contribution is -2.45. The fourth-order valence-electron chi connectivity index (χ4n) is 0.956. The van der Waals surface area contributed by atoms with Crippen molar-refractivity contribution >= 4 is 5.97 Å².